The van der Waals surface area contributed by atoms with Crippen molar-refractivity contribution in [1.82, 2.24) is 10.4 Å². The minimum absolute atomic E-state index is 0.00848. The molecule has 7 heteroatoms. The first-order valence-electron chi connectivity index (χ1n) is 11.4. The van der Waals surface area contributed by atoms with Crippen LogP contribution in [0.25, 0.3) is 10.8 Å². The molecule has 1 aliphatic rings. The highest BCUT2D eigenvalue weighted by atomic mass is 19.4. The Morgan fingerprint density at radius 3 is 2.44 bits per heavy atom. The molecule has 32 heavy (non-hydrogen) atoms. The summed E-state index contributed by atoms with van der Waals surface area (Å²) in [5.41, 5.74) is 1.52. The molecule has 0 aromatic heterocycles. The van der Waals surface area contributed by atoms with Gasteiger partial charge in [-0.05, 0) is 43.4 Å². The van der Waals surface area contributed by atoms with Crippen LogP contribution in [0, 0.1) is 0 Å². The molecule has 1 aliphatic heterocycles. The number of ether oxygens (including phenoxy) is 1. The molecule has 3 rings (SSSR count). The van der Waals surface area contributed by atoms with E-state index in [1.807, 2.05) is 12.1 Å². The van der Waals surface area contributed by atoms with Crippen molar-refractivity contribution in [1.29, 1.82) is 0 Å². The number of carbonyl (C=O) groups excluding carboxylic acids is 1. The van der Waals surface area contributed by atoms with Crippen LogP contribution >= 0.6 is 0 Å². The van der Waals surface area contributed by atoms with E-state index in [9.17, 15) is 18.0 Å². The quantitative estimate of drug-likeness (QED) is 0.410. The number of rotatable bonds is 10. The first-order chi connectivity index (χ1) is 15.1. The van der Waals surface area contributed by atoms with Gasteiger partial charge >= 0.3 is 6.18 Å². The van der Waals surface area contributed by atoms with Gasteiger partial charge in [-0.3, -0.25) is 10.2 Å². The van der Waals surface area contributed by atoms with E-state index in [4.69, 9.17) is 4.74 Å². The summed E-state index contributed by atoms with van der Waals surface area (Å²) in [4.78, 5) is 11.9. The fraction of sp³-hybridized carbons (Fsp3) is 0.560. The second kappa shape index (κ2) is 10.1. The van der Waals surface area contributed by atoms with Gasteiger partial charge in [-0.25, -0.2) is 0 Å². The molecule has 1 N–H and O–H groups in total. The third kappa shape index (κ3) is 5.74. The topological polar surface area (TPSA) is 41.6 Å². The third-order valence-corrected chi connectivity index (χ3v) is 5.98. The molecule has 4 nitrogen and oxygen atoms in total. The Labute approximate surface area is 188 Å². The lowest BCUT2D eigenvalue weighted by Gasteiger charge is -2.38. The first kappa shape index (κ1) is 24.4. The average Bonchev–Trinajstić information content (AvgIpc) is 2.97. The number of halogens is 3. The maximum atomic E-state index is 14.3. The Hall–Kier alpha value is -2.28. The molecule has 1 heterocycles. The number of unbranched alkanes of at least 4 members (excludes halogenated alkanes) is 5. The smallest absolute Gasteiger partial charge is 0.409 e. The van der Waals surface area contributed by atoms with Crippen LogP contribution in [0.3, 0.4) is 0 Å². The van der Waals surface area contributed by atoms with Crippen LogP contribution in [0.4, 0.5) is 13.2 Å². The van der Waals surface area contributed by atoms with Crippen molar-refractivity contribution < 1.29 is 22.7 Å². The van der Waals surface area contributed by atoms with Crippen molar-refractivity contribution in [2.45, 2.75) is 83.5 Å². The highest BCUT2D eigenvalue weighted by Gasteiger charge is 2.53. The number of alkyl halides is 3. The van der Waals surface area contributed by atoms with Gasteiger partial charge in [0, 0.05) is 17.3 Å². The van der Waals surface area contributed by atoms with Crippen LogP contribution in [-0.2, 0) is 4.79 Å². The monoisotopic (exact) mass is 450 g/mol. The second-order valence-electron chi connectivity index (χ2n) is 9.19. The summed E-state index contributed by atoms with van der Waals surface area (Å²) in [6.45, 7) is 5.91. The molecule has 1 fully saturated rings. The molecule has 0 spiro atoms. The lowest BCUT2D eigenvalue weighted by Crippen LogP contribution is -2.51. The molecular weight excluding hydrogens is 417 g/mol. The Morgan fingerprint density at radius 2 is 1.78 bits per heavy atom. The van der Waals surface area contributed by atoms with Gasteiger partial charge in [0.15, 0.2) is 6.04 Å². The van der Waals surface area contributed by atoms with Gasteiger partial charge in [0.2, 0.25) is 5.91 Å². The van der Waals surface area contributed by atoms with E-state index in [1.54, 1.807) is 32.0 Å². The number of hydrogen-bond donors (Lipinski definition) is 1. The molecule has 1 saturated heterocycles. The van der Waals surface area contributed by atoms with E-state index in [-0.39, 0.29) is 12.0 Å². The molecule has 0 radical (unpaired) electrons. The minimum Gasteiger partial charge on any atom is -0.493 e. The van der Waals surface area contributed by atoms with Crippen LogP contribution < -0.4 is 10.2 Å². The van der Waals surface area contributed by atoms with Crippen molar-refractivity contribution in [2.75, 3.05) is 6.61 Å². The normalized spacial score (nSPS) is 17.5. The molecule has 2 aromatic carbocycles. The van der Waals surface area contributed by atoms with Crippen LogP contribution in [0.15, 0.2) is 36.4 Å². The minimum atomic E-state index is -4.58. The Morgan fingerprint density at radius 1 is 1.09 bits per heavy atom. The molecule has 0 saturated carbocycles. The highest BCUT2D eigenvalue weighted by molar-refractivity contribution is 5.89. The van der Waals surface area contributed by atoms with Gasteiger partial charge in [-0.2, -0.15) is 18.2 Å². The van der Waals surface area contributed by atoms with Gasteiger partial charge in [0.1, 0.15) is 5.75 Å². The van der Waals surface area contributed by atoms with Crippen molar-refractivity contribution in [2.24, 2.45) is 0 Å². The van der Waals surface area contributed by atoms with Crippen LogP contribution in [-0.4, -0.2) is 29.2 Å². The SMILES string of the molecule is CCCCCCCCOc1cc([C@H](N2NC(=O)CC2(C)C)C(F)(F)F)cc2ccccc12. The Balaban J connectivity index is 1.89. The third-order valence-electron chi connectivity index (χ3n) is 5.98. The second-order valence-corrected chi connectivity index (χ2v) is 9.19. The van der Waals surface area contributed by atoms with Gasteiger partial charge in [-0.15, -0.1) is 0 Å². The molecular formula is C25H33F3N2O2. The fourth-order valence-electron chi connectivity index (χ4n) is 4.34. The van der Waals surface area contributed by atoms with Gasteiger partial charge in [-0.1, -0.05) is 63.3 Å². The Kier molecular flexibility index (Phi) is 7.70. The molecule has 0 unspecified atom stereocenters. The molecule has 0 aliphatic carbocycles. The summed E-state index contributed by atoms with van der Waals surface area (Å²) in [5, 5.41) is 2.50. The number of benzene rings is 2. The van der Waals surface area contributed by atoms with Gasteiger partial charge in [0.05, 0.1) is 6.61 Å². The molecule has 1 atom stereocenters. The van der Waals surface area contributed by atoms with Crippen molar-refractivity contribution in [3.63, 3.8) is 0 Å². The summed E-state index contributed by atoms with van der Waals surface area (Å²) in [6.07, 6.45) is 2.07. The fourth-order valence-corrected chi connectivity index (χ4v) is 4.34. The maximum Gasteiger partial charge on any atom is 0.409 e. The zero-order chi connectivity index (χ0) is 23.4. The summed E-state index contributed by atoms with van der Waals surface area (Å²) >= 11 is 0. The predicted octanol–water partition coefficient (Wildman–Crippen LogP) is 6.70. The number of hydrogen-bond acceptors (Lipinski definition) is 3. The molecule has 2 aromatic rings. The number of carbonyl (C=O) groups is 1. The lowest BCUT2D eigenvalue weighted by molar-refractivity contribution is -0.203. The van der Waals surface area contributed by atoms with Crippen molar-refractivity contribution >= 4 is 16.7 Å². The number of hydrazine groups is 1. The van der Waals surface area contributed by atoms with Crippen molar-refractivity contribution in [3.05, 3.63) is 42.0 Å². The van der Waals surface area contributed by atoms with E-state index >= 15 is 0 Å². The zero-order valence-corrected chi connectivity index (χ0v) is 19.1. The zero-order valence-electron chi connectivity index (χ0n) is 19.1. The number of nitrogens with zero attached hydrogens (tertiary/aromatic N) is 1. The maximum absolute atomic E-state index is 14.3. The largest absolute Gasteiger partial charge is 0.493 e. The molecule has 176 valence electrons. The Bertz CT molecular complexity index is 927. The summed E-state index contributed by atoms with van der Waals surface area (Å²) in [6, 6.07) is 8.37. The standard InChI is InChI=1S/C25H33F3N2O2/c1-4-5-6-7-8-11-14-32-21-16-19(15-18-12-9-10-13-20(18)21)23(25(26,27)28)30-24(2,3)17-22(31)29-30/h9-10,12-13,15-16,23H,4-8,11,14,17H2,1-3H3,(H,29,31)/t23-/m0/s1. The van der Waals surface area contributed by atoms with Gasteiger partial charge in [0.25, 0.3) is 0 Å². The summed E-state index contributed by atoms with van der Waals surface area (Å²) in [7, 11) is 0. The van der Waals surface area contributed by atoms with E-state index < -0.39 is 23.7 Å². The summed E-state index contributed by atoms with van der Waals surface area (Å²) < 4.78 is 48.8. The first-order valence-corrected chi connectivity index (χ1v) is 11.4. The van der Waals surface area contributed by atoms with E-state index in [0.717, 1.165) is 29.7 Å². The lowest BCUT2D eigenvalue weighted by atomic mass is 9.95. The van der Waals surface area contributed by atoms with Gasteiger partial charge < -0.3 is 4.74 Å². The number of amides is 1. The van der Waals surface area contributed by atoms with E-state index in [1.165, 1.54) is 25.3 Å². The molecule has 1 amide bonds. The van der Waals surface area contributed by atoms with Crippen LogP contribution in [0.1, 0.15) is 77.3 Å². The predicted molar refractivity (Wildman–Crippen MR) is 120 cm³/mol. The molecule has 0 bridgehead atoms. The summed E-state index contributed by atoms with van der Waals surface area (Å²) in [5.74, 6) is 0.0359. The van der Waals surface area contributed by atoms with E-state index in [2.05, 4.69) is 12.3 Å². The number of nitrogens with one attached hydrogen (secondary N) is 1. The van der Waals surface area contributed by atoms with Crippen LogP contribution in [0.2, 0.25) is 0 Å². The average molecular weight is 451 g/mol. The highest BCUT2D eigenvalue weighted by Crippen LogP contribution is 2.44. The number of fused-ring (bicyclic) bond motifs is 1. The van der Waals surface area contributed by atoms with Crippen LogP contribution in [0.5, 0.6) is 5.75 Å². The van der Waals surface area contributed by atoms with E-state index in [0.29, 0.717) is 17.7 Å². The van der Waals surface area contributed by atoms with Crippen molar-refractivity contribution in [3.8, 4) is 5.75 Å².